The number of rotatable bonds is 4. The SMILES string of the molecule is c1cc(-c2ccc3c4ccccc4c4ccccc4c3c2)cc(-c2cc3c4ccccc4c(-c4cccc(-c5ccc6c7ccccc7c7ccccc7c6c5)c4)cc3c3ccccc23)c1. The van der Waals surface area contributed by atoms with Crippen LogP contribution in [0, 0.1) is 0 Å². The van der Waals surface area contributed by atoms with Crippen LogP contribution in [-0.4, -0.2) is 0 Å². The van der Waals surface area contributed by atoms with Crippen LogP contribution in [0.3, 0.4) is 0 Å². The maximum Gasteiger partial charge on any atom is -0.00923 e. The summed E-state index contributed by atoms with van der Waals surface area (Å²) in [6.07, 6.45) is 0. The Hall–Kier alpha value is -8.58. The van der Waals surface area contributed by atoms with Gasteiger partial charge < -0.3 is 0 Å². The Labute approximate surface area is 382 Å². The second kappa shape index (κ2) is 14.5. The van der Waals surface area contributed by atoms with E-state index in [4.69, 9.17) is 0 Å². The first-order chi connectivity index (χ1) is 32.7. The Morgan fingerprint density at radius 1 is 0.121 bits per heavy atom. The quantitative estimate of drug-likeness (QED) is 0.155. The minimum atomic E-state index is 1.21. The van der Waals surface area contributed by atoms with E-state index < -0.39 is 0 Å². The Kier molecular flexibility index (Phi) is 8.08. The van der Waals surface area contributed by atoms with Crippen molar-refractivity contribution >= 4 is 97.0 Å². The maximum absolute atomic E-state index is 2.45. The average Bonchev–Trinajstić information content (AvgIpc) is 3.40. The second-order valence-corrected chi connectivity index (χ2v) is 17.9. The molecule has 0 heterocycles. The highest BCUT2D eigenvalue weighted by molar-refractivity contribution is 6.28. The lowest BCUT2D eigenvalue weighted by Gasteiger charge is -2.17. The van der Waals surface area contributed by atoms with Gasteiger partial charge in [0.1, 0.15) is 0 Å². The molecule has 0 radical (unpaired) electrons. The van der Waals surface area contributed by atoms with Crippen LogP contribution < -0.4 is 0 Å². The molecule has 0 unspecified atom stereocenters. The first-order valence-electron chi connectivity index (χ1n) is 23.0. The smallest absolute Gasteiger partial charge is 0.00923 e. The predicted molar refractivity (Wildman–Crippen MR) is 286 cm³/mol. The van der Waals surface area contributed by atoms with Crippen LogP contribution >= 0.6 is 0 Å². The molecule has 66 heavy (non-hydrogen) atoms. The highest BCUT2D eigenvalue weighted by Crippen LogP contribution is 2.44. The molecule has 0 amide bonds. The van der Waals surface area contributed by atoms with Crippen LogP contribution in [0.2, 0.25) is 0 Å². The molecule has 14 aromatic rings. The van der Waals surface area contributed by atoms with E-state index in [0.717, 1.165) is 0 Å². The van der Waals surface area contributed by atoms with E-state index in [1.807, 2.05) is 0 Å². The summed E-state index contributed by atoms with van der Waals surface area (Å²) in [5.41, 5.74) is 9.78. The summed E-state index contributed by atoms with van der Waals surface area (Å²) in [4.78, 5) is 0. The van der Waals surface area contributed by atoms with E-state index in [1.54, 1.807) is 0 Å². The van der Waals surface area contributed by atoms with Gasteiger partial charge in [-0.1, -0.05) is 206 Å². The summed E-state index contributed by atoms with van der Waals surface area (Å²) >= 11 is 0. The summed E-state index contributed by atoms with van der Waals surface area (Å²) in [7, 11) is 0. The van der Waals surface area contributed by atoms with Gasteiger partial charge in [-0.3, -0.25) is 0 Å². The molecule has 0 heteroatoms. The van der Waals surface area contributed by atoms with Crippen LogP contribution in [0.5, 0.6) is 0 Å². The maximum atomic E-state index is 2.45. The molecule has 304 valence electrons. The van der Waals surface area contributed by atoms with E-state index in [2.05, 4.69) is 243 Å². The minimum Gasteiger partial charge on any atom is -0.0616 e. The second-order valence-electron chi connectivity index (χ2n) is 17.9. The van der Waals surface area contributed by atoms with Crippen molar-refractivity contribution in [1.29, 1.82) is 0 Å². The number of hydrogen-bond acceptors (Lipinski definition) is 0. The molecule has 0 bridgehead atoms. The largest absolute Gasteiger partial charge is 0.0616 e. The minimum absolute atomic E-state index is 1.21. The summed E-state index contributed by atoms with van der Waals surface area (Å²) in [6.45, 7) is 0. The third-order valence-electron chi connectivity index (χ3n) is 14.4. The average molecular weight is 833 g/mol. The number of fused-ring (bicyclic) bond motifs is 17. The standard InChI is InChI=1S/C66H40/c1-3-23-51-47(19-1)49-21-5-9-27-55(49)63-37-43(31-33-59(51)63)41-15-13-17-45(35-41)61-39-65-58-30-12-8-26-54(58)62(40-66(65)57-29-11-7-25-53(57)61)46-18-14-16-42(36-46)44-32-34-60-52-24-4-2-20-48(52)50-22-6-10-28-56(50)64(60)38-44/h1-40H. The number of hydrogen-bond donors (Lipinski definition) is 0. The zero-order valence-corrected chi connectivity index (χ0v) is 36.1. The lowest BCUT2D eigenvalue weighted by atomic mass is 9.86. The van der Waals surface area contributed by atoms with Gasteiger partial charge in [0.15, 0.2) is 0 Å². The van der Waals surface area contributed by atoms with Gasteiger partial charge in [0, 0.05) is 0 Å². The van der Waals surface area contributed by atoms with E-state index >= 15 is 0 Å². The highest BCUT2D eigenvalue weighted by atomic mass is 14.2. The molecule has 0 aliphatic rings. The molecule has 0 aliphatic heterocycles. The predicted octanol–water partition coefficient (Wildman–Crippen LogP) is 18.7. The molecule has 0 aromatic heterocycles. The Balaban J connectivity index is 0.917. The van der Waals surface area contributed by atoms with Crippen LogP contribution in [0.25, 0.3) is 141 Å². The summed E-state index contributed by atoms with van der Waals surface area (Å²) in [6, 6.07) is 90.5. The topological polar surface area (TPSA) is 0 Å². The molecule has 0 atom stereocenters. The van der Waals surface area contributed by atoms with Crippen molar-refractivity contribution in [2.75, 3.05) is 0 Å². The Morgan fingerprint density at radius 3 is 0.682 bits per heavy atom. The molecule has 0 saturated heterocycles. The van der Waals surface area contributed by atoms with E-state index in [1.165, 1.54) is 141 Å². The van der Waals surface area contributed by atoms with Crippen molar-refractivity contribution < 1.29 is 0 Å². The monoisotopic (exact) mass is 832 g/mol. The van der Waals surface area contributed by atoms with Gasteiger partial charge in [0.05, 0.1) is 0 Å². The highest BCUT2D eigenvalue weighted by Gasteiger charge is 2.17. The van der Waals surface area contributed by atoms with Gasteiger partial charge in [-0.25, -0.2) is 0 Å². The number of benzene rings is 14. The zero-order valence-electron chi connectivity index (χ0n) is 36.1. The molecular formula is C66H40. The first-order valence-corrected chi connectivity index (χ1v) is 23.0. The normalized spacial score (nSPS) is 11.9. The van der Waals surface area contributed by atoms with Gasteiger partial charge in [0.25, 0.3) is 0 Å². The zero-order chi connectivity index (χ0) is 43.3. The molecule has 0 nitrogen and oxygen atoms in total. The van der Waals surface area contributed by atoms with Crippen molar-refractivity contribution in [2.45, 2.75) is 0 Å². The molecule has 0 N–H and O–H groups in total. The fraction of sp³-hybridized carbons (Fsp3) is 0. The molecule has 14 aromatic carbocycles. The summed E-state index contributed by atoms with van der Waals surface area (Å²) in [5, 5.41) is 23.1. The summed E-state index contributed by atoms with van der Waals surface area (Å²) < 4.78 is 0. The van der Waals surface area contributed by atoms with Crippen LogP contribution in [-0.2, 0) is 0 Å². The van der Waals surface area contributed by atoms with Gasteiger partial charge in [-0.2, -0.15) is 0 Å². The van der Waals surface area contributed by atoms with Gasteiger partial charge in [-0.15, -0.1) is 0 Å². The van der Waals surface area contributed by atoms with E-state index in [9.17, 15) is 0 Å². The van der Waals surface area contributed by atoms with Crippen LogP contribution in [0.1, 0.15) is 0 Å². The Bertz CT molecular complexity index is 3990. The fourth-order valence-corrected chi connectivity index (χ4v) is 11.3. The fourth-order valence-electron chi connectivity index (χ4n) is 11.3. The van der Waals surface area contributed by atoms with Crippen molar-refractivity contribution in [3.05, 3.63) is 243 Å². The molecule has 0 aliphatic carbocycles. The molecule has 0 spiro atoms. The van der Waals surface area contributed by atoms with Gasteiger partial charge in [-0.05, 0) is 178 Å². The van der Waals surface area contributed by atoms with Crippen molar-refractivity contribution in [3.63, 3.8) is 0 Å². The van der Waals surface area contributed by atoms with Crippen molar-refractivity contribution in [3.8, 4) is 44.5 Å². The lowest BCUT2D eigenvalue weighted by Crippen LogP contribution is -1.90. The molecule has 14 rings (SSSR count). The molecule has 0 saturated carbocycles. The van der Waals surface area contributed by atoms with E-state index in [0.29, 0.717) is 0 Å². The van der Waals surface area contributed by atoms with Gasteiger partial charge >= 0.3 is 0 Å². The molecule has 0 fully saturated rings. The van der Waals surface area contributed by atoms with Crippen LogP contribution in [0.15, 0.2) is 243 Å². The van der Waals surface area contributed by atoms with Gasteiger partial charge in [0.2, 0.25) is 0 Å². The third-order valence-corrected chi connectivity index (χ3v) is 14.4. The Morgan fingerprint density at radius 2 is 0.348 bits per heavy atom. The summed E-state index contributed by atoms with van der Waals surface area (Å²) in [5.74, 6) is 0. The van der Waals surface area contributed by atoms with Crippen molar-refractivity contribution in [1.82, 2.24) is 0 Å². The van der Waals surface area contributed by atoms with E-state index in [-0.39, 0.29) is 0 Å². The van der Waals surface area contributed by atoms with Crippen LogP contribution in [0.4, 0.5) is 0 Å². The lowest BCUT2D eigenvalue weighted by molar-refractivity contribution is 1.62. The molecular weight excluding hydrogens is 793 g/mol. The van der Waals surface area contributed by atoms with Crippen molar-refractivity contribution in [2.24, 2.45) is 0 Å². The first kappa shape index (κ1) is 36.9. The third kappa shape index (κ3) is 5.59.